The van der Waals surface area contributed by atoms with E-state index in [1.165, 1.54) is 11.0 Å². The van der Waals surface area contributed by atoms with Crippen LogP contribution in [0, 0.1) is 5.92 Å². The topological polar surface area (TPSA) is 78.6 Å². The fourth-order valence-electron chi connectivity index (χ4n) is 2.39. The van der Waals surface area contributed by atoms with Crippen LogP contribution in [0.2, 0.25) is 0 Å². The van der Waals surface area contributed by atoms with Gasteiger partial charge in [0.15, 0.2) is 0 Å². The number of benzene rings is 1. The summed E-state index contributed by atoms with van der Waals surface area (Å²) in [6, 6.07) is 3.23. The number of likely N-dealkylation sites (tertiary alicyclic amines) is 1. The van der Waals surface area contributed by atoms with Crippen LogP contribution < -0.4 is 11.3 Å². The Bertz CT molecular complexity index is 534. The highest BCUT2D eigenvalue weighted by molar-refractivity contribution is 5.95. The lowest BCUT2D eigenvalue weighted by atomic mass is 10.1. The maximum atomic E-state index is 12.9. The monoisotopic (exact) mass is 303 g/mol. The third-order valence-corrected chi connectivity index (χ3v) is 3.56. The van der Waals surface area contributed by atoms with Crippen LogP contribution in [0.1, 0.15) is 22.3 Å². The number of aliphatic hydroxyl groups excluding tert-OH is 1. The van der Waals surface area contributed by atoms with Gasteiger partial charge in [-0.3, -0.25) is 10.6 Å². The summed E-state index contributed by atoms with van der Waals surface area (Å²) >= 11 is 0. The molecule has 1 amide bonds. The third kappa shape index (κ3) is 3.27. The second-order valence-electron chi connectivity index (χ2n) is 4.99. The van der Waals surface area contributed by atoms with Gasteiger partial charge in [-0.2, -0.15) is 13.2 Å². The molecule has 4 N–H and O–H groups in total. The average Bonchev–Trinajstić information content (AvgIpc) is 2.93. The fraction of sp³-hybridized carbons (Fsp3) is 0.462. The number of nitrogens with one attached hydrogen (secondary N) is 1. The molecule has 1 atom stereocenters. The number of nitrogen functional groups attached to an aromatic ring is 1. The number of carbonyl (C=O) groups is 1. The summed E-state index contributed by atoms with van der Waals surface area (Å²) in [5.74, 6) is 4.57. The molecule has 1 saturated heterocycles. The summed E-state index contributed by atoms with van der Waals surface area (Å²) in [5, 5.41) is 9.05. The Balaban J connectivity index is 2.26. The first-order valence-electron chi connectivity index (χ1n) is 6.44. The lowest BCUT2D eigenvalue weighted by molar-refractivity contribution is -0.137. The highest BCUT2D eigenvalue weighted by Crippen LogP contribution is 2.35. The Morgan fingerprint density at radius 1 is 1.48 bits per heavy atom. The van der Waals surface area contributed by atoms with Crippen molar-refractivity contribution in [2.45, 2.75) is 12.6 Å². The molecule has 1 aliphatic heterocycles. The van der Waals surface area contributed by atoms with Crippen LogP contribution in [0.4, 0.5) is 18.9 Å². The van der Waals surface area contributed by atoms with E-state index >= 15 is 0 Å². The second-order valence-corrected chi connectivity index (χ2v) is 4.99. The van der Waals surface area contributed by atoms with Gasteiger partial charge in [0.25, 0.3) is 5.91 Å². The third-order valence-electron chi connectivity index (χ3n) is 3.56. The Kier molecular flexibility index (Phi) is 4.38. The zero-order valence-electron chi connectivity index (χ0n) is 11.2. The number of amides is 1. The summed E-state index contributed by atoms with van der Waals surface area (Å²) in [5.41, 5.74) is 0.673. The minimum absolute atomic E-state index is 0.0129. The van der Waals surface area contributed by atoms with Crippen LogP contribution in [0.5, 0.6) is 0 Å². The summed E-state index contributed by atoms with van der Waals surface area (Å²) in [6.07, 6.45) is -3.95. The maximum absolute atomic E-state index is 12.9. The predicted molar refractivity (Wildman–Crippen MR) is 70.4 cm³/mol. The Morgan fingerprint density at radius 3 is 2.71 bits per heavy atom. The van der Waals surface area contributed by atoms with Crippen molar-refractivity contribution in [3.8, 4) is 0 Å². The van der Waals surface area contributed by atoms with Gasteiger partial charge in [-0.25, -0.2) is 0 Å². The highest BCUT2D eigenvalue weighted by Gasteiger charge is 2.35. The van der Waals surface area contributed by atoms with Crippen LogP contribution in [0.25, 0.3) is 0 Å². The molecule has 0 saturated carbocycles. The van der Waals surface area contributed by atoms with E-state index in [4.69, 9.17) is 10.9 Å². The van der Waals surface area contributed by atoms with E-state index in [9.17, 15) is 18.0 Å². The van der Waals surface area contributed by atoms with Crippen molar-refractivity contribution in [2.24, 2.45) is 11.8 Å². The average molecular weight is 303 g/mol. The van der Waals surface area contributed by atoms with Gasteiger partial charge in [0, 0.05) is 31.2 Å². The standard InChI is InChI=1S/C13H16F3N3O2/c14-13(15,16)10-5-9(1-2-11(10)18-17)12(21)19-4-3-8(6-19)7-20/h1-2,5,8,18,20H,3-4,6-7,17H2. The molecular weight excluding hydrogens is 287 g/mol. The molecule has 21 heavy (non-hydrogen) atoms. The van der Waals surface area contributed by atoms with Gasteiger partial charge in [-0.15, -0.1) is 0 Å². The van der Waals surface area contributed by atoms with Crippen molar-refractivity contribution >= 4 is 11.6 Å². The van der Waals surface area contributed by atoms with Gasteiger partial charge in [0.05, 0.1) is 11.3 Å². The van der Waals surface area contributed by atoms with Crippen molar-refractivity contribution in [1.82, 2.24) is 4.90 Å². The molecule has 1 aromatic carbocycles. The number of hydrogen-bond acceptors (Lipinski definition) is 4. The van der Waals surface area contributed by atoms with E-state index < -0.39 is 17.6 Å². The molecule has 1 aliphatic rings. The van der Waals surface area contributed by atoms with Gasteiger partial charge < -0.3 is 15.4 Å². The first kappa shape index (κ1) is 15.6. The number of aliphatic hydroxyl groups is 1. The molecule has 0 aliphatic carbocycles. The van der Waals surface area contributed by atoms with Gasteiger partial charge in [0.2, 0.25) is 0 Å². The number of hydrogen-bond donors (Lipinski definition) is 3. The molecule has 0 aromatic heterocycles. The van der Waals surface area contributed by atoms with Crippen molar-refractivity contribution in [3.05, 3.63) is 29.3 Å². The number of carbonyl (C=O) groups excluding carboxylic acids is 1. The molecule has 2 rings (SSSR count). The number of hydrazine groups is 1. The van der Waals surface area contributed by atoms with Crippen LogP contribution in [0.15, 0.2) is 18.2 Å². The lowest BCUT2D eigenvalue weighted by Gasteiger charge is -2.18. The molecule has 8 heteroatoms. The zero-order chi connectivity index (χ0) is 15.6. The van der Waals surface area contributed by atoms with E-state index in [-0.39, 0.29) is 23.8 Å². The first-order valence-corrected chi connectivity index (χ1v) is 6.44. The Morgan fingerprint density at radius 2 is 2.19 bits per heavy atom. The molecule has 0 radical (unpaired) electrons. The Hall–Kier alpha value is -1.80. The highest BCUT2D eigenvalue weighted by atomic mass is 19.4. The minimum atomic E-state index is -4.60. The molecule has 1 aromatic rings. The first-order chi connectivity index (χ1) is 9.86. The lowest BCUT2D eigenvalue weighted by Crippen LogP contribution is -2.29. The van der Waals surface area contributed by atoms with Crippen molar-refractivity contribution in [2.75, 3.05) is 25.1 Å². The van der Waals surface area contributed by atoms with Crippen LogP contribution in [-0.4, -0.2) is 35.6 Å². The SMILES string of the molecule is NNc1ccc(C(=O)N2CCC(CO)C2)cc1C(F)(F)F. The summed E-state index contributed by atoms with van der Waals surface area (Å²) in [7, 11) is 0. The molecule has 1 fully saturated rings. The minimum Gasteiger partial charge on any atom is -0.396 e. The maximum Gasteiger partial charge on any atom is 0.418 e. The van der Waals surface area contributed by atoms with Crippen LogP contribution in [-0.2, 0) is 6.18 Å². The largest absolute Gasteiger partial charge is 0.418 e. The van der Waals surface area contributed by atoms with Crippen molar-refractivity contribution in [1.29, 1.82) is 0 Å². The summed E-state index contributed by atoms with van der Waals surface area (Å²) in [6.45, 7) is 0.753. The van der Waals surface area contributed by atoms with E-state index in [2.05, 4.69) is 0 Å². The number of alkyl halides is 3. The van der Waals surface area contributed by atoms with Gasteiger partial charge >= 0.3 is 6.18 Å². The molecule has 5 nitrogen and oxygen atoms in total. The molecular formula is C13H16F3N3O2. The number of anilines is 1. The number of nitrogens with two attached hydrogens (primary N) is 1. The molecule has 0 bridgehead atoms. The smallest absolute Gasteiger partial charge is 0.396 e. The van der Waals surface area contributed by atoms with Gasteiger partial charge in [0.1, 0.15) is 0 Å². The predicted octanol–water partition coefficient (Wildman–Crippen LogP) is 1.45. The van der Waals surface area contributed by atoms with E-state index in [0.29, 0.717) is 19.5 Å². The fourth-order valence-corrected chi connectivity index (χ4v) is 2.39. The molecule has 1 heterocycles. The molecule has 1 unspecified atom stereocenters. The number of nitrogens with zero attached hydrogens (tertiary/aromatic N) is 1. The second kappa shape index (κ2) is 5.90. The van der Waals surface area contributed by atoms with E-state index in [1.54, 1.807) is 0 Å². The molecule has 116 valence electrons. The Labute approximate surface area is 119 Å². The number of rotatable bonds is 3. The van der Waals surface area contributed by atoms with E-state index in [0.717, 1.165) is 12.1 Å². The van der Waals surface area contributed by atoms with Crippen molar-refractivity contribution < 1.29 is 23.1 Å². The van der Waals surface area contributed by atoms with Gasteiger partial charge in [-0.05, 0) is 24.6 Å². The quantitative estimate of drug-likeness (QED) is 0.583. The number of halogens is 3. The summed E-state index contributed by atoms with van der Waals surface area (Å²) in [4.78, 5) is 13.7. The van der Waals surface area contributed by atoms with Gasteiger partial charge in [-0.1, -0.05) is 0 Å². The molecule has 0 spiro atoms. The normalized spacial score (nSPS) is 18.9. The van der Waals surface area contributed by atoms with Crippen molar-refractivity contribution in [3.63, 3.8) is 0 Å². The van der Waals surface area contributed by atoms with E-state index in [1.807, 2.05) is 5.43 Å². The zero-order valence-corrected chi connectivity index (χ0v) is 11.2. The van der Waals surface area contributed by atoms with Crippen LogP contribution in [0.3, 0.4) is 0 Å². The summed E-state index contributed by atoms with van der Waals surface area (Å²) < 4.78 is 38.8. The van der Waals surface area contributed by atoms with Crippen LogP contribution >= 0.6 is 0 Å².